The number of carbonyl (C=O) groups is 3. The maximum atomic E-state index is 12.6. The van der Waals surface area contributed by atoms with Crippen LogP contribution >= 0.6 is 11.3 Å². The van der Waals surface area contributed by atoms with E-state index in [9.17, 15) is 14.4 Å². The number of ether oxygens (including phenoxy) is 1. The van der Waals surface area contributed by atoms with Gasteiger partial charge in [-0.2, -0.15) is 0 Å². The van der Waals surface area contributed by atoms with Gasteiger partial charge in [-0.3, -0.25) is 9.59 Å². The molecule has 0 fully saturated rings. The predicted molar refractivity (Wildman–Crippen MR) is 108 cm³/mol. The zero-order valence-electron chi connectivity index (χ0n) is 16.0. The molecule has 3 rings (SSSR count). The van der Waals surface area contributed by atoms with Gasteiger partial charge in [-0.25, -0.2) is 4.79 Å². The monoisotopic (exact) mass is 400 g/mol. The number of anilines is 1. The summed E-state index contributed by atoms with van der Waals surface area (Å²) in [6.45, 7) is 3.91. The van der Waals surface area contributed by atoms with E-state index >= 15 is 0 Å². The molecule has 1 aromatic heterocycles. The van der Waals surface area contributed by atoms with Crippen molar-refractivity contribution in [3.63, 3.8) is 0 Å². The smallest absolute Gasteiger partial charge is 0.329 e. The number of fused-ring (bicyclic) bond motifs is 1. The first-order valence-electron chi connectivity index (χ1n) is 9.36. The molecule has 0 bridgehead atoms. The summed E-state index contributed by atoms with van der Waals surface area (Å²) in [5.74, 6) is -1.34. The number of nitrogens with one attached hydrogen (secondary N) is 1. The fraction of sp³-hybridized carbons (Fsp3) is 0.381. The highest BCUT2D eigenvalue weighted by Crippen LogP contribution is 2.26. The van der Waals surface area contributed by atoms with Crippen molar-refractivity contribution in [2.45, 2.75) is 32.7 Å². The van der Waals surface area contributed by atoms with E-state index in [4.69, 9.17) is 4.74 Å². The third-order valence-electron chi connectivity index (χ3n) is 4.70. The van der Waals surface area contributed by atoms with E-state index in [1.54, 1.807) is 22.4 Å². The van der Waals surface area contributed by atoms with E-state index in [1.165, 1.54) is 11.3 Å². The standard InChI is InChI=1S/C21H24N2O4S/c1-14(2)19(22-20(25)17-10-6-12-28-17)21(26)27-13-18(24)23-11-5-8-15-7-3-4-9-16(15)23/h3-4,6-7,9-10,12,14,19H,5,8,11,13H2,1-2H3,(H,22,25)/t19-/m0/s1. The topological polar surface area (TPSA) is 75.7 Å². The summed E-state index contributed by atoms with van der Waals surface area (Å²) in [6, 6.07) is 10.4. The molecule has 0 spiro atoms. The third kappa shape index (κ3) is 4.59. The molecular formula is C21H24N2O4S. The summed E-state index contributed by atoms with van der Waals surface area (Å²) in [5.41, 5.74) is 2.00. The number of esters is 1. The maximum absolute atomic E-state index is 12.6. The van der Waals surface area contributed by atoms with Crippen molar-refractivity contribution in [1.29, 1.82) is 0 Å². The first-order chi connectivity index (χ1) is 13.5. The van der Waals surface area contributed by atoms with Crippen molar-refractivity contribution < 1.29 is 19.1 Å². The molecule has 0 saturated carbocycles. The first kappa shape index (κ1) is 20.1. The lowest BCUT2D eigenvalue weighted by molar-refractivity contribution is -0.150. The molecule has 2 amide bonds. The summed E-state index contributed by atoms with van der Waals surface area (Å²) in [6.07, 6.45) is 1.81. The summed E-state index contributed by atoms with van der Waals surface area (Å²) >= 11 is 1.30. The van der Waals surface area contributed by atoms with Crippen molar-refractivity contribution in [3.05, 3.63) is 52.2 Å². The van der Waals surface area contributed by atoms with Crippen LogP contribution in [0.25, 0.3) is 0 Å². The van der Waals surface area contributed by atoms with Crippen LogP contribution in [0.1, 0.15) is 35.5 Å². The summed E-state index contributed by atoms with van der Waals surface area (Å²) in [4.78, 5) is 39.6. The van der Waals surface area contributed by atoms with Crippen molar-refractivity contribution in [2.24, 2.45) is 5.92 Å². The molecule has 1 atom stereocenters. The van der Waals surface area contributed by atoms with Gasteiger partial charge in [-0.1, -0.05) is 38.1 Å². The number of benzene rings is 1. The number of hydrogen-bond acceptors (Lipinski definition) is 5. The van der Waals surface area contributed by atoms with Crippen LogP contribution in [0, 0.1) is 5.92 Å². The zero-order valence-corrected chi connectivity index (χ0v) is 16.8. The fourth-order valence-corrected chi connectivity index (χ4v) is 3.84. The van der Waals surface area contributed by atoms with E-state index in [0.29, 0.717) is 11.4 Å². The van der Waals surface area contributed by atoms with Gasteiger partial charge in [0.2, 0.25) is 0 Å². The molecule has 148 valence electrons. The SMILES string of the molecule is CC(C)[C@H](NC(=O)c1cccs1)C(=O)OCC(=O)N1CCCc2ccccc21. The normalized spacial score (nSPS) is 14.3. The fourth-order valence-electron chi connectivity index (χ4n) is 3.21. The molecule has 28 heavy (non-hydrogen) atoms. The first-order valence-corrected chi connectivity index (χ1v) is 10.2. The molecular weight excluding hydrogens is 376 g/mol. The molecule has 1 aliphatic rings. The molecule has 0 radical (unpaired) electrons. The predicted octanol–water partition coefficient (Wildman–Crippen LogP) is 3.03. The van der Waals surface area contributed by atoms with E-state index in [2.05, 4.69) is 5.32 Å². The number of thiophene rings is 1. The summed E-state index contributed by atoms with van der Waals surface area (Å²) < 4.78 is 5.27. The Morgan fingerprint density at radius 3 is 2.68 bits per heavy atom. The molecule has 6 nitrogen and oxygen atoms in total. The van der Waals surface area contributed by atoms with Crippen LogP contribution in [-0.2, 0) is 20.7 Å². The highest BCUT2D eigenvalue weighted by atomic mass is 32.1. The molecule has 0 saturated heterocycles. The minimum Gasteiger partial charge on any atom is -0.454 e. The van der Waals surface area contributed by atoms with Crippen LogP contribution in [-0.4, -0.2) is 37.0 Å². The van der Waals surface area contributed by atoms with Gasteiger partial charge >= 0.3 is 5.97 Å². The average molecular weight is 401 g/mol. The number of rotatable bonds is 6. The van der Waals surface area contributed by atoms with Crippen LogP contribution in [0.2, 0.25) is 0 Å². The Morgan fingerprint density at radius 2 is 1.96 bits per heavy atom. The maximum Gasteiger partial charge on any atom is 0.329 e. The van der Waals surface area contributed by atoms with Crippen LogP contribution in [0.4, 0.5) is 5.69 Å². The zero-order chi connectivity index (χ0) is 20.1. The van der Waals surface area contributed by atoms with E-state index in [-0.39, 0.29) is 24.3 Å². The van der Waals surface area contributed by atoms with Gasteiger partial charge in [-0.15, -0.1) is 11.3 Å². The summed E-state index contributed by atoms with van der Waals surface area (Å²) in [5, 5.41) is 4.51. The van der Waals surface area contributed by atoms with Crippen LogP contribution in [0.3, 0.4) is 0 Å². The Hall–Kier alpha value is -2.67. The van der Waals surface area contributed by atoms with Crippen molar-refractivity contribution in [2.75, 3.05) is 18.1 Å². The Balaban J connectivity index is 1.60. The van der Waals surface area contributed by atoms with Gasteiger partial charge in [0.25, 0.3) is 11.8 Å². The lowest BCUT2D eigenvalue weighted by Gasteiger charge is -2.29. The Labute approximate surface area is 168 Å². The third-order valence-corrected chi connectivity index (χ3v) is 5.57. The van der Waals surface area contributed by atoms with Gasteiger partial charge in [0, 0.05) is 12.2 Å². The number of carbonyl (C=O) groups excluding carboxylic acids is 3. The second-order valence-corrected chi connectivity index (χ2v) is 8.01. The van der Waals surface area contributed by atoms with Crippen molar-refractivity contribution in [3.8, 4) is 0 Å². The largest absolute Gasteiger partial charge is 0.454 e. The van der Waals surface area contributed by atoms with Crippen LogP contribution in [0.5, 0.6) is 0 Å². The number of para-hydroxylation sites is 1. The van der Waals surface area contributed by atoms with Crippen molar-refractivity contribution >= 4 is 34.8 Å². The lowest BCUT2D eigenvalue weighted by atomic mass is 10.0. The van der Waals surface area contributed by atoms with Gasteiger partial charge in [0.15, 0.2) is 6.61 Å². The van der Waals surface area contributed by atoms with Crippen molar-refractivity contribution in [1.82, 2.24) is 5.32 Å². The number of amides is 2. The number of nitrogens with zero attached hydrogens (tertiary/aromatic N) is 1. The molecule has 0 unspecified atom stereocenters. The highest BCUT2D eigenvalue weighted by molar-refractivity contribution is 7.12. The van der Waals surface area contributed by atoms with Gasteiger partial charge < -0.3 is 15.0 Å². The molecule has 7 heteroatoms. The molecule has 1 aromatic carbocycles. The Morgan fingerprint density at radius 1 is 1.18 bits per heavy atom. The molecule has 2 heterocycles. The molecule has 1 N–H and O–H groups in total. The van der Waals surface area contributed by atoms with Gasteiger partial charge in [-0.05, 0) is 41.8 Å². The highest BCUT2D eigenvalue weighted by Gasteiger charge is 2.28. The molecule has 2 aromatic rings. The molecule has 1 aliphatic heterocycles. The van der Waals surface area contributed by atoms with Gasteiger partial charge in [0.05, 0.1) is 4.88 Å². The van der Waals surface area contributed by atoms with E-state index < -0.39 is 12.0 Å². The van der Waals surface area contributed by atoms with E-state index in [0.717, 1.165) is 24.1 Å². The minimum atomic E-state index is -0.809. The van der Waals surface area contributed by atoms with Gasteiger partial charge in [0.1, 0.15) is 6.04 Å². The Bertz CT molecular complexity index is 848. The van der Waals surface area contributed by atoms with Crippen LogP contribution < -0.4 is 10.2 Å². The second kappa shape index (κ2) is 9.01. The molecule has 0 aliphatic carbocycles. The minimum absolute atomic E-state index is 0.165. The van der Waals surface area contributed by atoms with Crippen LogP contribution in [0.15, 0.2) is 41.8 Å². The number of hydrogen-bond donors (Lipinski definition) is 1. The number of aryl methyl sites for hydroxylation is 1. The van der Waals surface area contributed by atoms with E-state index in [1.807, 2.05) is 38.1 Å². The lowest BCUT2D eigenvalue weighted by Crippen LogP contribution is -2.46. The second-order valence-electron chi connectivity index (χ2n) is 7.06. The Kier molecular flexibility index (Phi) is 6.46. The summed E-state index contributed by atoms with van der Waals surface area (Å²) in [7, 11) is 0. The average Bonchev–Trinajstić information content (AvgIpc) is 3.24. The quantitative estimate of drug-likeness (QED) is 0.757.